The first kappa shape index (κ1) is 15.5. The summed E-state index contributed by atoms with van der Waals surface area (Å²) < 4.78 is 7.43. The van der Waals surface area contributed by atoms with Crippen molar-refractivity contribution in [3.05, 3.63) is 42.0 Å². The molecule has 0 bridgehead atoms. The predicted octanol–water partition coefficient (Wildman–Crippen LogP) is 0.368. The number of para-hydroxylation sites is 1. The Bertz CT molecular complexity index is 670. The van der Waals surface area contributed by atoms with Crippen LogP contribution in [0.3, 0.4) is 0 Å². The molecular formula is C16H21N5O2. The second kappa shape index (κ2) is 7.23. The average molecular weight is 315 g/mol. The van der Waals surface area contributed by atoms with Gasteiger partial charge in [-0.3, -0.25) is 14.4 Å². The SMILES string of the molecule is Cn1ncnc1CCNC(=O)CN1CCOc2ccccc2C1. The minimum Gasteiger partial charge on any atom is -0.492 e. The Morgan fingerprint density at radius 3 is 3.09 bits per heavy atom. The van der Waals surface area contributed by atoms with Crippen molar-refractivity contribution in [1.29, 1.82) is 0 Å². The van der Waals surface area contributed by atoms with Crippen molar-refractivity contribution < 1.29 is 9.53 Å². The van der Waals surface area contributed by atoms with Gasteiger partial charge in [-0.15, -0.1) is 0 Å². The molecule has 23 heavy (non-hydrogen) atoms. The smallest absolute Gasteiger partial charge is 0.234 e. The number of hydrogen-bond donors (Lipinski definition) is 1. The lowest BCUT2D eigenvalue weighted by molar-refractivity contribution is -0.122. The Balaban J connectivity index is 1.47. The number of carbonyl (C=O) groups excluding carboxylic acids is 1. The predicted molar refractivity (Wildman–Crippen MR) is 84.9 cm³/mol. The Morgan fingerprint density at radius 1 is 1.39 bits per heavy atom. The van der Waals surface area contributed by atoms with E-state index in [4.69, 9.17) is 4.74 Å². The molecule has 0 saturated heterocycles. The van der Waals surface area contributed by atoms with Gasteiger partial charge in [0.05, 0.1) is 6.54 Å². The van der Waals surface area contributed by atoms with Crippen molar-refractivity contribution in [2.24, 2.45) is 7.05 Å². The van der Waals surface area contributed by atoms with E-state index in [2.05, 4.69) is 20.3 Å². The minimum atomic E-state index is 0.0200. The van der Waals surface area contributed by atoms with E-state index in [1.165, 1.54) is 6.33 Å². The Kier molecular flexibility index (Phi) is 4.87. The number of rotatable bonds is 5. The standard InChI is InChI=1S/C16H21N5O2/c1-20-15(18-12-19-20)6-7-17-16(22)11-21-8-9-23-14-5-3-2-4-13(14)10-21/h2-5,12H,6-11H2,1H3,(H,17,22). The Morgan fingerprint density at radius 2 is 2.26 bits per heavy atom. The van der Waals surface area contributed by atoms with E-state index >= 15 is 0 Å². The number of aromatic nitrogens is 3. The van der Waals surface area contributed by atoms with Crippen LogP contribution in [0.2, 0.25) is 0 Å². The monoisotopic (exact) mass is 315 g/mol. The van der Waals surface area contributed by atoms with Gasteiger partial charge in [0.25, 0.3) is 0 Å². The normalized spacial score (nSPS) is 14.7. The Hall–Kier alpha value is -2.41. The molecule has 0 atom stereocenters. The van der Waals surface area contributed by atoms with Crippen LogP contribution in [0.5, 0.6) is 5.75 Å². The van der Waals surface area contributed by atoms with Gasteiger partial charge in [0.2, 0.25) is 5.91 Å². The van der Waals surface area contributed by atoms with Crippen molar-refractivity contribution in [2.75, 3.05) is 26.2 Å². The molecule has 0 unspecified atom stereocenters. The van der Waals surface area contributed by atoms with Gasteiger partial charge in [0.15, 0.2) is 0 Å². The molecule has 122 valence electrons. The summed E-state index contributed by atoms with van der Waals surface area (Å²) >= 11 is 0. The van der Waals surface area contributed by atoms with Crippen molar-refractivity contribution in [1.82, 2.24) is 25.0 Å². The van der Waals surface area contributed by atoms with Gasteiger partial charge in [-0.05, 0) is 6.07 Å². The highest BCUT2D eigenvalue weighted by Gasteiger charge is 2.17. The third kappa shape index (κ3) is 4.07. The molecule has 1 N–H and O–H groups in total. The van der Waals surface area contributed by atoms with Crippen LogP contribution in [0, 0.1) is 0 Å². The molecule has 1 amide bonds. The number of benzene rings is 1. The summed E-state index contributed by atoms with van der Waals surface area (Å²) in [7, 11) is 1.85. The number of fused-ring (bicyclic) bond motifs is 1. The molecule has 2 aromatic rings. The zero-order valence-electron chi connectivity index (χ0n) is 13.2. The van der Waals surface area contributed by atoms with Crippen LogP contribution in [0.25, 0.3) is 0 Å². The number of carbonyl (C=O) groups is 1. The fourth-order valence-electron chi connectivity index (χ4n) is 2.63. The van der Waals surface area contributed by atoms with Gasteiger partial charge in [-0.1, -0.05) is 18.2 Å². The third-order valence-corrected chi connectivity index (χ3v) is 3.87. The van der Waals surface area contributed by atoms with Crippen LogP contribution in [-0.4, -0.2) is 51.8 Å². The Labute approximate surface area is 135 Å². The van der Waals surface area contributed by atoms with Gasteiger partial charge in [0.1, 0.15) is 24.5 Å². The molecule has 7 heteroatoms. The maximum Gasteiger partial charge on any atom is 0.234 e. The summed E-state index contributed by atoms with van der Waals surface area (Å²) in [4.78, 5) is 18.4. The van der Waals surface area contributed by atoms with Crippen molar-refractivity contribution in [3.63, 3.8) is 0 Å². The molecular weight excluding hydrogens is 294 g/mol. The lowest BCUT2D eigenvalue weighted by Gasteiger charge is -2.18. The number of ether oxygens (including phenoxy) is 1. The van der Waals surface area contributed by atoms with Gasteiger partial charge < -0.3 is 10.1 Å². The molecule has 0 aliphatic carbocycles. The molecule has 1 aromatic carbocycles. The van der Waals surface area contributed by atoms with Crippen LogP contribution in [0.1, 0.15) is 11.4 Å². The van der Waals surface area contributed by atoms with Gasteiger partial charge >= 0.3 is 0 Å². The molecule has 0 radical (unpaired) electrons. The van der Waals surface area contributed by atoms with E-state index in [1.54, 1.807) is 4.68 Å². The highest BCUT2D eigenvalue weighted by Crippen LogP contribution is 2.21. The molecule has 1 aromatic heterocycles. The number of amides is 1. The molecule has 1 aliphatic heterocycles. The second-order valence-corrected chi connectivity index (χ2v) is 5.57. The van der Waals surface area contributed by atoms with Gasteiger partial charge in [-0.2, -0.15) is 5.10 Å². The summed E-state index contributed by atoms with van der Waals surface area (Å²) in [6.45, 7) is 3.00. The van der Waals surface area contributed by atoms with Crippen LogP contribution >= 0.6 is 0 Å². The summed E-state index contributed by atoms with van der Waals surface area (Å²) in [6, 6.07) is 7.97. The fraction of sp³-hybridized carbons (Fsp3) is 0.438. The highest BCUT2D eigenvalue weighted by atomic mass is 16.5. The van der Waals surface area contributed by atoms with Crippen molar-refractivity contribution in [2.45, 2.75) is 13.0 Å². The van der Waals surface area contributed by atoms with Crippen LogP contribution in [0.4, 0.5) is 0 Å². The lowest BCUT2D eigenvalue weighted by atomic mass is 10.2. The number of nitrogens with zero attached hydrogens (tertiary/aromatic N) is 4. The quantitative estimate of drug-likeness (QED) is 0.863. The molecule has 1 aliphatic rings. The zero-order valence-corrected chi connectivity index (χ0v) is 13.2. The highest BCUT2D eigenvalue weighted by molar-refractivity contribution is 5.78. The van der Waals surface area contributed by atoms with E-state index in [1.807, 2.05) is 31.3 Å². The number of hydrogen-bond acceptors (Lipinski definition) is 5. The van der Waals surface area contributed by atoms with Crippen LogP contribution < -0.4 is 10.1 Å². The molecule has 7 nitrogen and oxygen atoms in total. The first-order valence-corrected chi connectivity index (χ1v) is 7.75. The summed E-state index contributed by atoms with van der Waals surface area (Å²) in [5, 5.41) is 6.95. The first-order valence-electron chi connectivity index (χ1n) is 7.75. The minimum absolute atomic E-state index is 0.0200. The zero-order chi connectivity index (χ0) is 16.1. The second-order valence-electron chi connectivity index (χ2n) is 5.57. The molecule has 0 spiro atoms. The van der Waals surface area contributed by atoms with Crippen molar-refractivity contribution >= 4 is 5.91 Å². The maximum atomic E-state index is 12.1. The van der Waals surface area contributed by atoms with E-state index < -0.39 is 0 Å². The lowest BCUT2D eigenvalue weighted by Crippen LogP contribution is -2.38. The maximum absolute atomic E-state index is 12.1. The summed E-state index contributed by atoms with van der Waals surface area (Å²) in [6.07, 6.45) is 2.19. The molecule has 0 saturated carbocycles. The molecule has 0 fully saturated rings. The van der Waals surface area contributed by atoms with Crippen LogP contribution in [0.15, 0.2) is 30.6 Å². The van der Waals surface area contributed by atoms with Crippen LogP contribution in [-0.2, 0) is 24.8 Å². The van der Waals surface area contributed by atoms with E-state index in [9.17, 15) is 4.79 Å². The number of aryl methyl sites for hydroxylation is 1. The first-order chi connectivity index (χ1) is 11.2. The van der Waals surface area contributed by atoms with Gasteiger partial charge in [-0.25, -0.2) is 4.98 Å². The van der Waals surface area contributed by atoms with Crippen molar-refractivity contribution in [3.8, 4) is 5.75 Å². The average Bonchev–Trinajstić information content (AvgIpc) is 2.83. The topological polar surface area (TPSA) is 72.3 Å². The fourth-order valence-corrected chi connectivity index (χ4v) is 2.63. The van der Waals surface area contributed by atoms with E-state index in [0.717, 1.165) is 30.2 Å². The number of nitrogens with one attached hydrogen (secondary N) is 1. The van der Waals surface area contributed by atoms with E-state index in [0.29, 0.717) is 26.1 Å². The summed E-state index contributed by atoms with van der Waals surface area (Å²) in [5.74, 6) is 1.80. The van der Waals surface area contributed by atoms with Gasteiger partial charge in [0, 0.05) is 38.7 Å². The molecule has 2 heterocycles. The van der Waals surface area contributed by atoms with E-state index in [-0.39, 0.29) is 5.91 Å². The largest absolute Gasteiger partial charge is 0.492 e. The summed E-state index contributed by atoms with van der Waals surface area (Å²) in [5.41, 5.74) is 1.12. The third-order valence-electron chi connectivity index (χ3n) is 3.87. The molecule has 3 rings (SSSR count).